The fourth-order valence-electron chi connectivity index (χ4n) is 1.67. The topological polar surface area (TPSA) is 37.3 Å². The second kappa shape index (κ2) is 6.78. The Kier molecular flexibility index (Phi) is 5.05. The largest absolute Gasteiger partial charge is 0.480 e. The molecule has 19 heavy (non-hydrogen) atoms. The second-order valence-electron chi connectivity index (χ2n) is 4.03. The molecule has 0 spiro atoms. The quantitative estimate of drug-likeness (QED) is 0.830. The number of carboxylic acid groups (broad SMARTS) is 1. The van der Waals surface area contributed by atoms with Gasteiger partial charge in [-0.3, -0.25) is 4.79 Å². The lowest BCUT2D eigenvalue weighted by Crippen LogP contribution is -2.15. The van der Waals surface area contributed by atoms with E-state index < -0.39 is 10.8 Å². The summed E-state index contributed by atoms with van der Waals surface area (Å²) in [5.41, 5.74) is 1.04. The summed E-state index contributed by atoms with van der Waals surface area (Å²) in [5, 5.41) is 8.97. The highest BCUT2D eigenvalue weighted by Crippen LogP contribution is 2.31. The van der Waals surface area contributed by atoms with E-state index in [0.717, 1.165) is 15.4 Å². The van der Waals surface area contributed by atoms with Gasteiger partial charge < -0.3 is 5.11 Å². The molecule has 98 valence electrons. The lowest BCUT2D eigenvalue weighted by atomic mass is 10.1. The SMILES string of the molecule is O=C(O)[C@H](Br)Cc1ccccc1Sc1ccccc1. The van der Waals surface area contributed by atoms with Crippen LogP contribution in [0.5, 0.6) is 0 Å². The zero-order chi connectivity index (χ0) is 13.7. The summed E-state index contributed by atoms with van der Waals surface area (Å²) in [6, 6.07) is 18.0. The number of hydrogen-bond acceptors (Lipinski definition) is 2. The van der Waals surface area contributed by atoms with Crippen LogP contribution in [-0.4, -0.2) is 15.9 Å². The molecule has 1 N–H and O–H groups in total. The standard InChI is InChI=1S/C15H13BrO2S/c16-13(15(17)18)10-11-6-4-5-9-14(11)19-12-7-2-1-3-8-12/h1-9,13H,10H2,(H,17,18)/t13-/m1/s1. The Morgan fingerprint density at radius 2 is 1.74 bits per heavy atom. The first-order chi connectivity index (χ1) is 9.16. The highest BCUT2D eigenvalue weighted by Gasteiger charge is 2.15. The van der Waals surface area contributed by atoms with Crippen molar-refractivity contribution in [3.63, 3.8) is 0 Å². The molecule has 0 aliphatic heterocycles. The molecule has 4 heteroatoms. The Bertz CT molecular complexity index is 557. The first kappa shape index (κ1) is 14.2. The van der Waals surface area contributed by atoms with Crippen LogP contribution in [0.3, 0.4) is 0 Å². The molecular weight excluding hydrogens is 324 g/mol. The third-order valence-corrected chi connectivity index (χ3v) is 4.45. The zero-order valence-corrected chi connectivity index (χ0v) is 12.5. The number of aliphatic carboxylic acids is 1. The van der Waals surface area contributed by atoms with Gasteiger partial charge in [0.2, 0.25) is 0 Å². The predicted molar refractivity (Wildman–Crippen MR) is 81.1 cm³/mol. The maximum Gasteiger partial charge on any atom is 0.317 e. The number of benzene rings is 2. The van der Waals surface area contributed by atoms with Gasteiger partial charge in [-0.1, -0.05) is 64.1 Å². The summed E-state index contributed by atoms with van der Waals surface area (Å²) >= 11 is 4.84. The highest BCUT2D eigenvalue weighted by molar-refractivity contribution is 9.10. The molecule has 0 saturated heterocycles. The summed E-state index contributed by atoms with van der Waals surface area (Å²) < 4.78 is 0. The Labute approximate surface area is 125 Å². The molecular formula is C15H13BrO2S. The Morgan fingerprint density at radius 3 is 2.42 bits per heavy atom. The van der Waals surface area contributed by atoms with Gasteiger partial charge in [-0.15, -0.1) is 0 Å². The number of hydrogen-bond donors (Lipinski definition) is 1. The summed E-state index contributed by atoms with van der Waals surface area (Å²) in [6.45, 7) is 0. The van der Waals surface area contributed by atoms with Crippen LogP contribution in [0.4, 0.5) is 0 Å². The summed E-state index contributed by atoms with van der Waals surface area (Å²) in [7, 11) is 0. The summed E-state index contributed by atoms with van der Waals surface area (Å²) in [6.07, 6.45) is 0.478. The van der Waals surface area contributed by atoms with Crippen molar-refractivity contribution in [1.82, 2.24) is 0 Å². The molecule has 0 unspecified atom stereocenters. The van der Waals surface area contributed by atoms with Crippen molar-refractivity contribution in [1.29, 1.82) is 0 Å². The van der Waals surface area contributed by atoms with Crippen molar-refractivity contribution in [3.05, 3.63) is 60.2 Å². The van der Waals surface area contributed by atoms with E-state index in [1.165, 1.54) is 0 Å². The molecule has 0 saturated carbocycles. The van der Waals surface area contributed by atoms with E-state index in [9.17, 15) is 4.79 Å². The van der Waals surface area contributed by atoms with Gasteiger partial charge in [-0.2, -0.15) is 0 Å². The molecule has 0 aliphatic rings. The van der Waals surface area contributed by atoms with E-state index >= 15 is 0 Å². The lowest BCUT2D eigenvalue weighted by molar-refractivity contribution is -0.136. The lowest BCUT2D eigenvalue weighted by Gasteiger charge is -2.10. The van der Waals surface area contributed by atoms with Gasteiger partial charge in [0.15, 0.2) is 0 Å². The van der Waals surface area contributed by atoms with Crippen molar-refractivity contribution in [3.8, 4) is 0 Å². The van der Waals surface area contributed by atoms with Gasteiger partial charge in [0.25, 0.3) is 0 Å². The monoisotopic (exact) mass is 336 g/mol. The maximum absolute atomic E-state index is 10.9. The van der Waals surface area contributed by atoms with Gasteiger partial charge in [0.1, 0.15) is 4.83 Å². The fourth-order valence-corrected chi connectivity index (χ4v) is 2.99. The van der Waals surface area contributed by atoms with Crippen molar-refractivity contribution >= 4 is 33.7 Å². The van der Waals surface area contributed by atoms with Crippen molar-refractivity contribution < 1.29 is 9.90 Å². The van der Waals surface area contributed by atoms with E-state index in [0.29, 0.717) is 6.42 Å². The Balaban J connectivity index is 2.19. The van der Waals surface area contributed by atoms with Gasteiger partial charge >= 0.3 is 5.97 Å². The van der Waals surface area contributed by atoms with E-state index in [-0.39, 0.29) is 0 Å². The number of rotatable bonds is 5. The molecule has 2 aromatic carbocycles. The van der Waals surface area contributed by atoms with Crippen LogP contribution in [0.15, 0.2) is 64.4 Å². The molecule has 0 heterocycles. The average Bonchev–Trinajstić information content (AvgIpc) is 2.42. The van der Waals surface area contributed by atoms with Crippen LogP contribution in [0, 0.1) is 0 Å². The summed E-state index contributed by atoms with van der Waals surface area (Å²) in [4.78, 5) is 12.6. The first-order valence-corrected chi connectivity index (χ1v) is 7.57. The zero-order valence-electron chi connectivity index (χ0n) is 10.1. The number of carbonyl (C=O) groups is 1. The van der Waals surface area contributed by atoms with E-state index in [2.05, 4.69) is 15.9 Å². The molecule has 2 rings (SSSR count). The number of carboxylic acids is 1. The smallest absolute Gasteiger partial charge is 0.317 e. The van der Waals surface area contributed by atoms with Crippen molar-refractivity contribution in [2.45, 2.75) is 21.0 Å². The van der Waals surface area contributed by atoms with Gasteiger partial charge in [0, 0.05) is 9.79 Å². The second-order valence-corrected chi connectivity index (χ2v) is 6.25. The van der Waals surface area contributed by atoms with Gasteiger partial charge in [0.05, 0.1) is 0 Å². The molecule has 0 aromatic heterocycles. The molecule has 0 radical (unpaired) electrons. The number of halogens is 1. The van der Waals surface area contributed by atoms with Crippen molar-refractivity contribution in [2.75, 3.05) is 0 Å². The minimum Gasteiger partial charge on any atom is -0.480 e. The minimum atomic E-state index is -0.834. The van der Waals surface area contributed by atoms with Gasteiger partial charge in [-0.25, -0.2) is 0 Å². The van der Waals surface area contributed by atoms with Crippen LogP contribution >= 0.6 is 27.7 Å². The molecule has 2 aromatic rings. The van der Waals surface area contributed by atoms with Crippen LogP contribution in [0.25, 0.3) is 0 Å². The number of alkyl halides is 1. The van der Waals surface area contributed by atoms with E-state index in [4.69, 9.17) is 5.11 Å². The molecule has 0 amide bonds. The highest BCUT2D eigenvalue weighted by atomic mass is 79.9. The van der Waals surface area contributed by atoms with Gasteiger partial charge in [-0.05, 0) is 30.2 Å². The molecule has 0 bridgehead atoms. The van der Waals surface area contributed by atoms with Crippen molar-refractivity contribution in [2.24, 2.45) is 0 Å². The van der Waals surface area contributed by atoms with E-state index in [1.54, 1.807) is 11.8 Å². The normalized spacial score (nSPS) is 12.1. The Morgan fingerprint density at radius 1 is 1.11 bits per heavy atom. The third-order valence-electron chi connectivity index (χ3n) is 2.61. The summed E-state index contributed by atoms with van der Waals surface area (Å²) in [5.74, 6) is -0.834. The molecule has 0 aliphatic carbocycles. The van der Waals surface area contributed by atoms with Crippen LogP contribution in [0.2, 0.25) is 0 Å². The molecule has 2 nitrogen and oxygen atoms in total. The van der Waals surface area contributed by atoms with E-state index in [1.807, 2.05) is 54.6 Å². The van der Waals surface area contributed by atoms with Crippen LogP contribution < -0.4 is 0 Å². The predicted octanol–water partition coefficient (Wildman–Crippen LogP) is 4.23. The third kappa shape index (κ3) is 4.11. The van der Waals surface area contributed by atoms with Crippen LogP contribution in [0.1, 0.15) is 5.56 Å². The maximum atomic E-state index is 10.9. The first-order valence-electron chi connectivity index (χ1n) is 5.84. The average molecular weight is 337 g/mol. The Hall–Kier alpha value is -1.26. The minimum absolute atomic E-state index is 0.478. The molecule has 1 atom stereocenters. The van der Waals surface area contributed by atoms with Crippen LogP contribution in [-0.2, 0) is 11.2 Å². The fraction of sp³-hybridized carbons (Fsp3) is 0.133. The molecule has 0 fully saturated rings.